The molecule has 1 saturated heterocycles. The number of anilines is 2. The number of para-hydroxylation sites is 2. The maximum Gasteiger partial charge on any atom is 0.200 e. The third-order valence-corrected chi connectivity index (χ3v) is 4.40. The second-order valence-electron chi connectivity index (χ2n) is 6.06. The highest BCUT2D eigenvalue weighted by Crippen LogP contribution is 2.23. The summed E-state index contributed by atoms with van der Waals surface area (Å²) in [6.07, 6.45) is 0. The monoisotopic (exact) mass is 336 g/mol. The summed E-state index contributed by atoms with van der Waals surface area (Å²) in [7, 11) is 0. The molecule has 0 aliphatic carbocycles. The topological polar surface area (TPSA) is 54.7 Å². The molecule has 4 rings (SSSR count). The summed E-state index contributed by atoms with van der Waals surface area (Å²) < 4.78 is 11.5. The predicted octanol–water partition coefficient (Wildman–Crippen LogP) is 3.24. The van der Waals surface area contributed by atoms with Crippen molar-refractivity contribution in [3.05, 3.63) is 70.4 Å². The van der Waals surface area contributed by atoms with Crippen LogP contribution < -0.4 is 15.6 Å². The van der Waals surface area contributed by atoms with Gasteiger partial charge in [-0.2, -0.15) is 0 Å². The Hall–Kier alpha value is -2.79. The number of nitrogens with zero attached hydrogens (tertiary/aromatic N) is 1. The molecule has 0 unspecified atom stereocenters. The third kappa shape index (κ3) is 3.37. The summed E-state index contributed by atoms with van der Waals surface area (Å²) in [5.74, 6) is 0.618. The van der Waals surface area contributed by atoms with Gasteiger partial charge in [-0.1, -0.05) is 30.3 Å². The highest BCUT2D eigenvalue weighted by Gasteiger charge is 2.16. The SMILES string of the molecule is O=c1cc(N2CCOCC2)oc2c(CNc3ccccc3)cccc12. The highest BCUT2D eigenvalue weighted by molar-refractivity contribution is 5.81. The Morgan fingerprint density at radius 3 is 2.60 bits per heavy atom. The van der Waals surface area contributed by atoms with Crippen molar-refractivity contribution in [3.8, 4) is 0 Å². The standard InChI is InChI=1S/C20H20N2O3/c23-18-13-19(22-9-11-24-12-10-22)25-20-15(5-4-8-17(18)20)14-21-16-6-2-1-3-7-16/h1-8,13,21H,9-12,14H2. The van der Waals surface area contributed by atoms with Crippen LogP contribution in [-0.4, -0.2) is 26.3 Å². The molecule has 3 aromatic rings. The Bertz CT molecular complexity index is 915. The van der Waals surface area contributed by atoms with E-state index in [4.69, 9.17) is 9.15 Å². The van der Waals surface area contributed by atoms with Crippen LogP contribution in [0.15, 0.2) is 63.8 Å². The summed E-state index contributed by atoms with van der Waals surface area (Å²) in [6, 6.07) is 17.3. The predicted molar refractivity (Wildman–Crippen MR) is 99.3 cm³/mol. The third-order valence-electron chi connectivity index (χ3n) is 4.40. The Morgan fingerprint density at radius 2 is 1.80 bits per heavy atom. The average Bonchev–Trinajstić information content (AvgIpc) is 2.68. The average molecular weight is 336 g/mol. The van der Waals surface area contributed by atoms with E-state index in [1.807, 2.05) is 48.5 Å². The van der Waals surface area contributed by atoms with Crippen LogP contribution in [0, 0.1) is 0 Å². The Morgan fingerprint density at radius 1 is 1.00 bits per heavy atom. The zero-order valence-electron chi connectivity index (χ0n) is 13.9. The first-order valence-electron chi connectivity index (χ1n) is 8.48. The lowest BCUT2D eigenvalue weighted by atomic mass is 10.1. The van der Waals surface area contributed by atoms with Gasteiger partial charge >= 0.3 is 0 Å². The summed E-state index contributed by atoms with van der Waals surface area (Å²) >= 11 is 0. The van der Waals surface area contributed by atoms with Crippen LogP contribution in [0.3, 0.4) is 0 Å². The Balaban J connectivity index is 1.68. The lowest BCUT2D eigenvalue weighted by Crippen LogP contribution is -2.36. The highest BCUT2D eigenvalue weighted by atomic mass is 16.5. The van der Waals surface area contributed by atoms with Gasteiger partial charge in [-0.05, 0) is 18.2 Å². The Kier molecular flexibility index (Phi) is 4.39. The van der Waals surface area contributed by atoms with E-state index in [9.17, 15) is 4.79 Å². The number of hydrogen-bond donors (Lipinski definition) is 1. The van der Waals surface area contributed by atoms with Gasteiger partial charge in [-0.15, -0.1) is 0 Å². The fraction of sp³-hybridized carbons (Fsp3) is 0.250. The molecule has 0 spiro atoms. The number of benzene rings is 2. The van der Waals surface area contributed by atoms with Gasteiger partial charge in [0.2, 0.25) is 0 Å². The van der Waals surface area contributed by atoms with Crippen LogP contribution in [0.5, 0.6) is 0 Å². The van der Waals surface area contributed by atoms with E-state index in [0.29, 0.717) is 36.6 Å². The van der Waals surface area contributed by atoms with Crippen molar-refractivity contribution >= 4 is 22.5 Å². The van der Waals surface area contributed by atoms with Gasteiger partial charge < -0.3 is 19.4 Å². The number of hydrogen-bond acceptors (Lipinski definition) is 5. The van der Waals surface area contributed by atoms with Gasteiger partial charge in [-0.3, -0.25) is 4.79 Å². The van der Waals surface area contributed by atoms with Gasteiger partial charge in [0.05, 0.1) is 18.6 Å². The summed E-state index contributed by atoms with van der Waals surface area (Å²) in [4.78, 5) is 14.6. The Labute approximate surface area is 145 Å². The van der Waals surface area contributed by atoms with E-state index >= 15 is 0 Å². The number of rotatable bonds is 4. The molecule has 5 heteroatoms. The molecule has 0 radical (unpaired) electrons. The van der Waals surface area contributed by atoms with Crippen LogP contribution in [-0.2, 0) is 11.3 Å². The van der Waals surface area contributed by atoms with Crippen molar-refractivity contribution in [1.29, 1.82) is 0 Å². The molecule has 1 aliphatic heterocycles. The van der Waals surface area contributed by atoms with Crippen molar-refractivity contribution in [3.63, 3.8) is 0 Å². The molecule has 25 heavy (non-hydrogen) atoms. The quantitative estimate of drug-likeness (QED) is 0.793. The van der Waals surface area contributed by atoms with Crippen LogP contribution in [0.1, 0.15) is 5.56 Å². The smallest absolute Gasteiger partial charge is 0.200 e. The largest absolute Gasteiger partial charge is 0.440 e. The molecule has 0 amide bonds. The molecule has 1 fully saturated rings. The molecule has 5 nitrogen and oxygen atoms in total. The zero-order chi connectivity index (χ0) is 17.1. The van der Waals surface area contributed by atoms with E-state index in [-0.39, 0.29) is 5.43 Å². The van der Waals surface area contributed by atoms with Gasteiger partial charge in [0.25, 0.3) is 0 Å². The van der Waals surface area contributed by atoms with Crippen molar-refractivity contribution < 1.29 is 9.15 Å². The zero-order valence-corrected chi connectivity index (χ0v) is 13.9. The fourth-order valence-electron chi connectivity index (χ4n) is 3.06. The molecular weight excluding hydrogens is 316 g/mol. The molecule has 128 valence electrons. The van der Waals surface area contributed by atoms with Crippen molar-refractivity contribution in [2.45, 2.75) is 6.54 Å². The second kappa shape index (κ2) is 6.99. The van der Waals surface area contributed by atoms with E-state index in [1.165, 1.54) is 0 Å². The lowest BCUT2D eigenvalue weighted by molar-refractivity contribution is 0.121. The number of fused-ring (bicyclic) bond motifs is 1. The van der Waals surface area contributed by atoms with Gasteiger partial charge in [-0.25, -0.2) is 0 Å². The van der Waals surface area contributed by atoms with Crippen LogP contribution in [0.4, 0.5) is 11.6 Å². The van der Waals surface area contributed by atoms with Gasteiger partial charge in [0.15, 0.2) is 11.3 Å². The van der Waals surface area contributed by atoms with E-state index in [2.05, 4.69) is 10.2 Å². The normalized spacial score (nSPS) is 14.6. The summed E-state index contributed by atoms with van der Waals surface area (Å²) in [5.41, 5.74) is 2.64. The number of nitrogens with one attached hydrogen (secondary N) is 1. The number of morpholine rings is 1. The maximum atomic E-state index is 12.5. The van der Waals surface area contributed by atoms with E-state index < -0.39 is 0 Å². The minimum absolute atomic E-state index is 0.00990. The minimum Gasteiger partial charge on any atom is -0.440 e. The van der Waals surface area contributed by atoms with Crippen LogP contribution in [0.2, 0.25) is 0 Å². The number of ether oxygens (including phenoxy) is 1. The molecule has 0 bridgehead atoms. The second-order valence-corrected chi connectivity index (χ2v) is 6.06. The first-order valence-corrected chi connectivity index (χ1v) is 8.48. The van der Waals surface area contributed by atoms with Gasteiger partial charge in [0, 0.05) is 37.0 Å². The van der Waals surface area contributed by atoms with Crippen molar-refractivity contribution in [2.24, 2.45) is 0 Å². The van der Waals surface area contributed by atoms with Crippen LogP contribution >= 0.6 is 0 Å². The maximum absolute atomic E-state index is 12.5. The first kappa shape index (κ1) is 15.7. The summed E-state index contributed by atoms with van der Waals surface area (Å²) in [5, 5.41) is 3.99. The molecule has 2 heterocycles. The van der Waals surface area contributed by atoms with Crippen molar-refractivity contribution in [2.75, 3.05) is 36.5 Å². The molecule has 0 atom stereocenters. The van der Waals surface area contributed by atoms with Crippen LogP contribution in [0.25, 0.3) is 11.0 Å². The summed E-state index contributed by atoms with van der Waals surface area (Å²) in [6.45, 7) is 3.37. The minimum atomic E-state index is -0.00990. The molecule has 1 aliphatic rings. The molecule has 1 aromatic heterocycles. The van der Waals surface area contributed by atoms with Gasteiger partial charge in [0.1, 0.15) is 5.58 Å². The lowest BCUT2D eigenvalue weighted by Gasteiger charge is -2.27. The molecular formula is C20H20N2O3. The molecule has 0 saturated carbocycles. The molecule has 1 N–H and O–H groups in total. The first-order chi connectivity index (χ1) is 12.3. The molecule has 2 aromatic carbocycles. The fourth-order valence-corrected chi connectivity index (χ4v) is 3.06. The van der Waals surface area contributed by atoms with E-state index in [1.54, 1.807) is 6.07 Å². The van der Waals surface area contributed by atoms with Crippen molar-refractivity contribution in [1.82, 2.24) is 0 Å². The van der Waals surface area contributed by atoms with E-state index in [0.717, 1.165) is 24.3 Å².